The normalized spacial score (nSPS) is 15.0. The number of anilines is 1. The molecular formula is C15H16ClN7. The van der Waals surface area contributed by atoms with Gasteiger partial charge in [0.05, 0.1) is 16.4 Å². The van der Waals surface area contributed by atoms with Gasteiger partial charge in [0, 0.05) is 18.7 Å². The Morgan fingerprint density at radius 1 is 1.22 bits per heavy atom. The molecule has 3 N–H and O–H groups in total. The van der Waals surface area contributed by atoms with Gasteiger partial charge in [0.2, 0.25) is 0 Å². The summed E-state index contributed by atoms with van der Waals surface area (Å²) < 4.78 is 0. The molecule has 0 radical (unpaired) electrons. The summed E-state index contributed by atoms with van der Waals surface area (Å²) in [5, 5.41) is 7.09. The third kappa shape index (κ3) is 3.29. The molecule has 0 atom stereocenters. The van der Waals surface area contributed by atoms with Crippen LogP contribution in [-0.4, -0.2) is 28.9 Å². The van der Waals surface area contributed by atoms with Crippen LogP contribution in [0.4, 0.5) is 5.69 Å². The molecule has 3 rings (SSSR count). The van der Waals surface area contributed by atoms with E-state index in [1.165, 1.54) is 19.2 Å². The Morgan fingerprint density at radius 2 is 2.00 bits per heavy atom. The van der Waals surface area contributed by atoms with E-state index in [-0.39, 0.29) is 5.84 Å². The van der Waals surface area contributed by atoms with Crippen LogP contribution in [0.3, 0.4) is 0 Å². The third-order valence-corrected chi connectivity index (χ3v) is 4.08. The van der Waals surface area contributed by atoms with E-state index in [9.17, 15) is 0 Å². The van der Waals surface area contributed by atoms with Gasteiger partial charge in [0.1, 0.15) is 12.0 Å². The van der Waals surface area contributed by atoms with Crippen molar-refractivity contribution in [2.75, 3.05) is 18.0 Å². The molecule has 1 aliphatic rings. The number of aromatic nitrogens is 2. The van der Waals surface area contributed by atoms with Crippen molar-refractivity contribution in [3.8, 4) is 11.3 Å². The summed E-state index contributed by atoms with van der Waals surface area (Å²) in [6.07, 6.45) is 3.80. The molecule has 0 bridgehead atoms. The van der Waals surface area contributed by atoms with Crippen LogP contribution in [0.2, 0.25) is 5.02 Å². The quantitative estimate of drug-likeness (QED) is 0.389. The van der Waals surface area contributed by atoms with Crippen LogP contribution in [0.25, 0.3) is 11.3 Å². The largest absolute Gasteiger partial charge is 0.380 e. The van der Waals surface area contributed by atoms with Crippen molar-refractivity contribution in [3.05, 3.63) is 41.3 Å². The van der Waals surface area contributed by atoms with Crippen molar-refractivity contribution in [1.29, 1.82) is 5.53 Å². The second kappa shape index (κ2) is 6.70. The van der Waals surface area contributed by atoms with Gasteiger partial charge in [-0.05, 0) is 31.0 Å². The standard InChI is InChI=1S/C15H16ClN7/c16-11-7-10(3-4-14(11)23-5-1-2-6-23)12-8-13(20-9-19-12)15(17)21-22-18/h3-4,7-9H,1-2,5-6H2,(H3,17,18,21). The van der Waals surface area contributed by atoms with E-state index in [0.717, 1.165) is 24.3 Å². The number of nitrogens with one attached hydrogen (secondary N) is 1. The maximum atomic E-state index is 6.73. The Labute approximate surface area is 138 Å². The van der Waals surface area contributed by atoms with Crippen molar-refractivity contribution >= 4 is 23.1 Å². The summed E-state index contributed by atoms with van der Waals surface area (Å²) in [4.78, 5) is 10.6. The van der Waals surface area contributed by atoms with Gasteiger partial charge in [-0.3, -0.25) is 0 Å². The highest BCUT2D eigenvalue weighted by Crippen LogP contribution is 2.32. The second-order valence-corrected chi connectivity index (χ2v) is 5.64. The average molecular weight is 330 g/mol. The SMILES string of the molecule is N=NN=C(N)c1cc(-c2ccc(N3CCCC3)c(Cl)c2)ncn1. The Balaban J connectivity index is 1.93. The van der Waals surface area contributed by atoms with Crippen LogP contribution in [0, 0.1) is 5.53 Å². The number of nitrogens with zero attached hydrogens (tertiary/aromatic N) is 5. The lowest BCUT2D eigenvalue weighted by Crippen LogP contribution is -2.17. The summed E-state index contributed by atoms with van der Waals surface area (Å²) >= 11 is 6.44. The topological polar surface area (TPSA) is 104 Å². The van der Waals surface area contributed by atoms with Crippen molar-refractivity contribution < 1.29 is 0 Å². The van der Waals surface area contributed by atoms with Crippen molar-refractivity contribution in [2.45, 2.75) is 12.8 Å². The minimum Gasteiger partial charge on any atom is -0.380 e. The van der Waals surface area contributed by atoms with E-state index in [0.29, 0.717) is 16.4 Å². The van der Waals surface area contributed by atoms with Gasteiger partial charge < -0.3 is 10.6 Å². The highest BCUT2D eigenvalue weighted by molar-refractivity contribution is 6.33. The zero-order valence-electron chi connectivity index (χ0n) is 12.4. The third-order valence-electron chi connectivity index (χ3n) is 3.78. The minimum atomic E-state index is 0.0726. The van der Waals surface area contributed by atoms with E-state index in [1.54, 1.807) is 6.07 Å². The summed E-state index contributed by atoms with van der Waals surface area (Å²) in [5.74, 6) is 0.0726. The Kier molecular flexibility index (Phi) is 4.47. The van der Waals surface area contributed by atoms with Crippen molar-refractivity contribution in [1.82, 2.24) is 9.97 Å². The van der Waals surface area contributed by atoms with E-state index in [2.05, 4.69) is 25.2 Å². The molecule has 0 unspecified atom stereocenters. The monoisotopic (exact) mass is 329 g/mol. The average Bonchev–Trinajstić information content (AvgIpc) is 3.09. The smallest absolute Gasteiger partial charge is 0.173 e. The highest BCUT2D eigenvalue weighted by atomic mass is 35.5. The van der Waals surface area contributed by atoms with Gasteiger partial charge in [-0.1, -0.05) is 22.9 Å². The predicted octanol–water partition coefficient (Wildman–Crippen LogP) is 3.05. The summed E-state index contributed by atoms with van der Waals surface area (Å²) in [6.45, 7) is 2.08. The van der Waals surface area contributed by atoms with Gasteiger partial charge in [-0.15, -0.1) is 5.10 Å². The van der Waals surface area contributed by atoms with Crippen LogP contribution in [0.1, 0.15) is 18.5 Å². The Morgan fingerprint density at radius 3 is 2.70 bits per heavy atom. The number of hydrogen-bond acceptors (Lipinski definition) is 5. The number of amidine groups is 1. The van der Waals surface area contributed by atoms with E-state index >= 15 is 0 Å². The van der Waals surface area contributed by atoms with Crippen LogP contribution in [0.15, 0.2) is 40.9 Å². The predicted molar refractivity (Wildman–Crippen MR) is 89.8 cm³/mol. The first-order valence-corrected chi connectivity index (χ1v) is 7.64. The van der Waals surface area contributed by atoms with E-state index in [1.807, 2.05) is 18.2 Å². The molecular weight excluding hydrogens is 314 g/mol. The molecule has 0 spiro atoms. The van der Waals surface area contributed by atoms with Crippen LogP contribution >= 0.6 is 11.6 Å². The van der Waals surface area contributed by atoms with Crippen LogP contribution < -0.4 is 10.6 Å². The molecule has 118 valence electrons. The second-order valence-electron chi connectivity index (χ2n) is 5.23. The van der Waals surface area contributed by atoms with E-state index in [4.69, 9.17) is 22.9 Å². The van der Waals surface area contributed by atoms with Crippen molar-refractivity contribution in [3.63, 3.8) is 0 Å². The van der Waals surface area contributed by atoms with Crippen LogP contribution in [0.5, 0.6) is 0 Å². The Hall–Kier alpha value is -2.54. The van der Waals surface area contributed by atoms with E-state index < -0.39 is 0 Å². The first-order chi connectivity index (χ1) is 11.2. The Bertz CT molecular complexity index is 753. The summed E-state index contributed by atoms with van der Waals surface area (Å²) in [6, 6.07) is 7.59. The summed E-state index contributed by atoms with van der Waals surface area (Å²) in [7, 11) is 0. The fourth-order valence-electron chi connectivity index (χ4n) is 2.64. The molecule has 7 nitrogen and oxygen atoms in total. The van der Waals surface area contributed by atoms with Gasteiger partial charge >= 0.3 is 0 Å². The maximum absolute atomic E-state index is 6.73. The molecule has 8 heteroatoms. The number of rotatable bonds is 4. The molecule has 1 aliphatic heterocycles. The lowest BCUT2D eigenvalue weighted by Gasteiger charge is -2.19. The highest BCUT2D eigenvalue weighted by Gasteiger charge is 2.16. The molecule has 1 saturated heterocycles. The number of benzene rings is 1. The fourth-order valence-corrected chi connectivity index (χ4v) is 2.94. The molecule has 1 aromatic heterocycles. The van der Waals surface area contributed by atoms with Gasteiger partial charge in [-0.2, -0.15) is 5.53 Å². The van der Waals surface area contributed by atoms with Gasteiger partial charge in [0.15, 0.2) is 5.84 Å². The number of nitrogens with two attached hydrogens (primary N) is 1. The zero-order chi connectivity index (χ0) is 16.2. The van der Waals surface area contributed by atoms with Crippen molar-refractivity contribution in [2.24, 2.45) is 16.1 Å². The maximum Gasteiger partial charge on any atom is 0.173 e. The molecule has 2 aromatic rings. The number of hydrogen-bond donors (Lipinski definition) is 2. The molecule has 1 fully saturated rings. The van der Waals surface area contributed by atoms with Crippen LogP contribution in [-0.2, 0) is 0 Å². The zero-order valence-corrected chi connectivity index (χ0v) is 13.2. The molecule has 23 heavy (non-hydrogen) atoms. The van der Waals surface area contributed by atoms with Gasteiger partial charge in [-0.25, -0.2) is 9.97 Å². The van der Waals surface area contributed by atoms with Gasteiger partial charge in [0.25, 0.3) is 0 Å². The first-order valence-electron chi connectivity index (χ1n) is 7.26. The lowest BCUT2D eigenvalue weighted by atomic mass is 10.1. The molecule has 1 aromatic carbocycles. The lowest BCUT2D eigenvalue weighted by molar-refractivity contribution is 0.949. The molecule has 0 aliphatic carbocycles. The molecule has 2 heterocycles. The molecule has 0 saturated carbocycles. The summed E-state index contributed by atoms with van der Waals surface area (Å²) in [5.41, 5.74) is 15.5. The first kappa shape index (κ1) is 15.4. The fraction of sp³-hybridized carbons (Fsp3) is 0.267. The minimum absolute atomic E-state index is 0.0726. The molecule has 0 amide bonds. The number of halogens is 1.